The molecule has 4 heteroatoms. The third kappa shape index (κ3) is 3.57. The number of hydrogen-bond acceptors (Lipinski definition) is 2. The zero-order valence-corrected chi connectivity index (χ0v) is 11.6. The van der Waals surface area contributed by atoms with E-state index < -0.39 is 0 Å². The Labute approximate surface area is 113 Å². The number of nitrogens with zero attached hydrogens (tertiary/aromatic N) is 2. The molecule has 0 spiro atoms. The maximum absolute atomic E-state index is 6.12. The van der Waals surface area contributed by atoms with E-state index >= 15 is 0 Å². The molecule has 0 aliphatic carbocycles. The maximum Gasteiger partial charge on any atom is 0.129 e. The molecule has 1 aliphatic heterocycles. The van der Waals surface area contributed by atoms with Crippen LogP contribution in [0.5, 0.6) is 0 Å². The molecule has 2 nitrogen and oxygen atoms in total. The minimum absolute atomic E-state index is 0.522. The second kappa shape index (κ2) is 6.03. The number of pyridine rings is 1. The Morgan fingerprint density at radius 1 is 1.41 bits per heavy atom. The zero-order chi connectivity index (χ0) is 12.3. The first-order chi connectivity index (χ1) is 8.19. The monoisotopic (exact) mass is 272 g/mol. The highest BCUT2D eigenvalue weighted by atomic mass is 35.5. The predicted molar refractivity (Wildman–Crippen MR) is 72.5 cm³/mol. The Bertz CT molecular complexity index is 382. The lowest BCUT2D eigenvalue weighted by Gasteiger charge is -2.16. The van der Waals surface area contributed by atoms with Crippen LogP contribution in [0, 0.1) is 5.92 Å². The molecular formula is C13H18Cl2N2. The molecular weight excluding hydrogens is 255 g/mol. The number of halogens is 2. The van der Waals surface area contributed by atoms with Crippen molar-refractivity contribution in [1.29, 1.82) is 0 Å². The van der Waals surface area contributed by atoms with E-state index in [1.165, 1.54) is 25.8 Å². The van der Waals surface area contributed by atoms with Crippen LogP contribution in [0.15, 0.2) is 12.1 Å². The van der Waals surface area contributed by atoms with Gasteiger partial charge in [-0.05, 0) is 37.4 Å². The van der Waals surface area contributed by atoms with Crippen LogP contribution >= 0.6 is 23.2 Å². The van der Waals surface area contributed by atoms with E-state index in [1.807, 2.05) is 6.07 Å². The summed E-state index contributed by atoms with van der Waals surface area (Å²) in [5.74, 6) is 0.845. The fourth-order valence-electron chi connectivity index (χ4n) is 2.48. The Hall–Kier alpha value is -0.310. The molecule has 0 aromatic carbocycles. The molecule has 1 aromatic rings. The van der Waals surface area contributed by atoms with Crippen molar-refractivity contribution in [3.05, 3.63) is 28.0 Å². The van der Waals surface area contributed by atoms with Crippen molar-refractivity contribution < 1.29 is 0 Å². The van der Waals surface area contributed by atoms with Crippen molar-refractivity contribution in [2.24, 2.45) is 5.92 Å². The molecule has 0 N–H and O–H groups in total. The van der Waals surface area contributed by atoms with E-state index in [0.29, 0.717) is 10.2 Å². The standard InChI is InChI=1S/C13H18Cl2N2/c1-2-3-10-6-7-17(8-10)9-12-11(14)4-5-13(15)16-12/h4-5,10H,2-3,6-9H2,1H3. The average molecular weight is 273 g/mol. The predicted octanol–water partition coefficient (Wildman–Crippen LogP) is 4.01. The molecule has 0 amide bonds. The van der Waals surface area contributed by atoms with E-state index in [2.05, 4.69) is 16.8 Å². The molecule has 2 heterocycles. The Balaban J connectivity index is 1.95. The number of likely N-dealkylation sites (tertiary alicyclic amines) is 1. The van der Waals surface area contributed by atoms with Gasteiger partial charge in [-0.2, -0.15) is 0 Å². The zero-order valence-electron chi connectivity index (χ0n) is 10.1. The molecule has 0 bridgehead atoms. The minimum Gasteiger partial charge on any atom is -0.297 e. The highest BCUT2D eigenvalue weighted by Crippen LogP contribution is 2.24. The Morgan fingerprint density at radius 2 is 2.24 bits per heavy atom. The third-order valence-corrected chi connectivity index (χ3v) is 3.88. The van der Waals surface area contributed by atoms with Crippen molar-refractivity contribution in [3.63, 3.8) is 0 Å². The van der Waals surface area contributed by atoms with Gasteiger partial charge in [0.2, 0.25) is 0 Å². The van der Waals surface area contributed by atoms with Crippen LogP contribution in [0.1, 0.15) is 31.9 Å². The van der Waals surface area contributed by atoms with Crippen molar-refractivity contribution in [2.75, 3.05) is 13.1 Å². The van der Waals surface area contributed by atoms with Crippen molar-refractivity contribution in [2.45, 2.75) is 32.7 Å². The molecule has 2 rings (SSSR count). The summed E-state index contributed by atoms with van der Waals surface area (Å²) >= 11 is 12.0. The van der Waals surface area contributed by atoms with Crippen molar-refractivity contribution in [3.8, 4) is 0 Å². The lowest BCUT2D eigenvalue weighted by atomic mass is 10.0. The maximum atomic E-state index is 6.12. The first-order valence-electron chi connectivity index (χ1n) is 6.22. The normalized spacial score (nSPS) is 21.0. The van der Waals surface area contributed by atoms with E-state index in [4.69, 9.17) is 23.2 Å². The van der Waals surface area contributed by atoms with Gasteiger partial charge in [0, 0.05) is 13.1 Å². The van der Waals surface area contributed by atoms with Crippen molar-refractivity contribution in [1.82, 2.24) is 9.88 Å². The van der Waals surface area contributed by atoms with Crippen LogP contribution < -0.4 is 0 Å². The summed E-state index contributed by atoms with van der Waals surface area (Å²) in [6, 6.07) is 3.56. The second-order valence-electron chi connectivity index (χ2n) is 4.74. The summed E-state index contributed by atoms with van der Waals surface area (Å²) in [7, 11) is 0. The molecule has 1 aliphatic rings. The van der Waals surface area contributed by atoms with Gasteiger partial charge in [0.05, 0.1) is 10.7 Å². The highest BCUT2D eigenvalue weighted by Gasteiger charge is 2.22. The van der Waals surface area contributed by atoms with Gasteiger partial charge in [0.25, 0.3) is 0 Å². The molecule has 0 radical (unpaired) electrons. The number of aromatic nitrogens is 1. The van der Waals surface area contributed by atoms with Crippen LogP contribution in [-0.2, 0) is 6.54 Å². The largest absolute Gasteiger partial charge is 0.297 e. The molecule has 1 atom stereocenters. The second-order valence-corrected chi connectivity index (χ2v) is 5.54. The van der Waals surface area contributed by atoms with Crippen LogP contribution in [0.25, 0.3) is 0 Å². The van der Waals surface area contributed by atoms with Gasteiger partial charge in [-0.1, -0.05) is 36.5 Å². The SMILES string of the molecule is CCCC1CCN(Cc2nc(Cl)ccc2Cl)C1. The molecule has 1 aromatic heterocycles. The fourth-order valence-corrected chi connectivity index (χ4v) is 2.81. The summed E-state index contributed by atoms with van der Waals surface area (Å²) in [4.78, 5) is 6.72. The molecule has 0 saturated carbocycles. The summed E-state index contributed by atoms with van der Waals surface area (Å²) < 4.78 is 0. The summed E-state index contributed by atoms with van der Waals surface area (Å²) in [6.45, 7) is 5.38. The van der Waals surface area contributed by atoms with Gasteiger partial charge < -0.3 is 0 Å². The smallest absolute Gasteiger partial charge is 0.129 e. The first kappa shape index (κ1) is 13.1. The van der Waals surface area contributed by atoms with Gasteiger partial charge in [-0.3, -0.25) is 4.90 Å². The van der Waals surface area contributed by atoms with E-state index in [1.54, 1.807) is 6.07 Å². The molecule has 1 unspecified atom stereocenters. The lowest BCUT2D eigenvalue weighted by Crippen LogP contribution is -2.21. The van der Waals surface area contributed by atoms with Crippen LogP contribution in [0.4, 0.5) is 0 Å². The highest BCUT2D eigenvalue weighted by molar-refractivity contribution is 6.32. The van der Waals surface area contributed by atoms with Gasteiger partial charge in [0.1, 0.15) is 5.15 Å². The van der Waals surface area contributed by atoms with E-state index in [0.717, 1.165) is 24.7 Å². The lowest BCUT2D eigenvalue weighted by molar-refractivity contribution is 0.309. The molecule has 1 saturated heterocycles. The van der Waals surface area contributed by atoms with Gasteiger partial charge >= 0.3 is 0 Å². The van der Waals surface area contributed by atoms with Crippen LogP contribution in [0.3, 0.4) is 0 Å². The van der Waals surface area contributed by atoms with Crippen LogP contribution in [-0.4, -0.2) is 23.0 Å². The summed E-state index contributed by atoms with van der Waals surface area (Å²) in [5, 5.41) is 1.24. The Kier molecular flexibility index (Phi) is 4.66. The summed E-state index contributed by atoms with van der Waals surface area (Å²) in [6.07, 6.45) is 3.90. The Morgan fingerprint density at radius 3 is 3.00 bits per heavy atom. The minimum atomic E-state index is 0.522. The molecule has 1 fully saturated rings. The van der Waals surface area contributed by atoms with Crippen LogP contribution in [0.2, 0.25) is 10.2 Å². The van der Waals surface area contributed by atoms with Gasteiger partial charge in [-0.15, -0.1) is 0 Å². The quantitative estimate of drug-likeness (QED) is 0.770. The topological polar surface area (TPSA) is 16.1 Å². The van der Waals surface area contributed by atoms with Gasteiger partial charge in [0.15, 0.2) is 0 Å². The summed E-state index contributed by atoms with van der Waals surface area (Å²) in [5.41, 5.74) is 0.899. The average Bonchev–Trinajstić information content (AvgIpc) is 2.72. The van der Waals surface area contributed by atoms with E-state index in [-0.39, 0.29) is 0 Å². The van der Waals surface area contributed by atoms with E-state index in [9.17, 15) is 0 Å². The first-order valence-corrected chi connectivity index (χ1v) is 6.98. The fraction of sp³-hybridized carbons (Fsp3) is 0.615. The molecule has 94 valence electrons. The molecule has 17 heavy (non-hydrogen) atoms. The number of hydrogen-bond donors (Lipinski definition) is 0. The van der Waals surface area contributed by atoms with Crippen molar-refractivity contribution >= 4 is 23.2 Å². The third-order valence-electron chi connectivity index (χ3n) is 3.32. The van der Waals surface area contributed by atoms with Gasteiger partial charge in [-0.25, -0.2) is 4.98 Å². The number of rotatable bonds is 4.